The van der Waals surface area contributed by atoms with Gasteiger partial charge in [-0.15, -0.1) is 12.4 Å². The van der Waals surface area contributed by atoms with Gasteiger partial charge in [0.15, 0.2) is 0 Å². The number of amides is 1. The van der Waals surface area contributed by atoms with E-state index in [-0.39, 0.29) is 18.3 Å². The van der Waals surface area contributed by atoms with Crippen LogP contribution >= 0.6 is 12.4 Å². The van der Waals surface area contributed by atoms with Crippen LogP contribution in [0.2, 0.25) is 0 Å². The Labute approximate surface area is 134 Å². The SMILES string of the molecule is Cc1ccccc1CCNC(=O)CCC1CCNCC1.Cl. The number of hydrogen-bond donors (Lipinski definition) is 2. The van der Waals surface area contributed by atoms with Gasteiger partial charge >= 0.3 is 0 Å². The molecule has 1 heterocycles. The van der Waals surface area contributed by atoms with Crippen LogP contribution in [0.4, 0.5) is 0 Å². The van der Waals surface area contributed by atoms with Gasteiger partial charge in [-0.05, 0) is 62.7 Å². The highest BCUT2D eigenvalue weighted by molar-refractivity contribution is 5.85. The highest BCUT2D eigenvalue weighted by atomic mass is 35.5. The van der Waals surface area contributed by atoms with Crippen molar-refractivity contribution in [1.82, 2.24) is 10.6 Å². The molecular formula is C17H27ClN2O. The minimum atomic E-state index is 0. The lowest BCUT2D eigenvalue weighted by Gasteiger charge is -2.22. The number of halogens is 1. The van der Waals surface area contributed by atoms with Crippen molar-refractivity contribution in [3.63, 3.8) is 0 Å². The van der Waals surface area contributed by atoms with Crippen molar-refractivity contribution in [1.29, 1.82) is 0 Å². The normalized spacial score (nSPS) is 15.3. The second kappa shape index (κ2) is 9.80. The summed E-state index contributed by atoms with van der Waals surface area (Å²) in [5.41, 5.74) is 2.63. The predicted molar refractivity (Wildman–Crippen MR) is 90.0 cm³/mol. The smallest absolute Gasteiger partial charge is 0.220 e. The van der Waals surface area contributed by atoms with Crippen LogP contribution in [0.25, 0.3) is 0 Å². The van der Waals surface area contributed by atoms with Crippen LogP contribution in [-0.4, -0.2) is 25.5 Å². The molecule has 1 fully saturated rings. The van der Waals surface area contributed by atoms with Crippen molar-refractivity contribution in [2.45, 2.75) is 39.0 Å². The van der Waals surface area contributed by atoms with Crippen LogP contribution in [-0.2, 0) is 11.2 Å². The van der Waals surface area contributed by atoms with Crippen molar-refractivity contribution >= 4 is 18.3 Å². The zero-order chi connectivity index (χ0) is 14.2. The van der Waals surface area contributed by atoms with Crippen LogP contribution in [0.5, 0.6) is 0 Å². The lowest BCUT2D eigenvalue weighted by molar-refractivity contribution is -0.121. The Morgan fingerprint density at radius 1 is 1.29 bits per heavy atom. The molecule has 0 unspecified atom stereocenters. The van der Waals surface area contributed by atoms with Crippen molar-refractivity contribution in [2.24, 2.45) is 5.92 Å². The van der Waals surface area contributed by atoms with Crippen LogP contribution in [0.1, 0.15) is 36.8 Å². The van der Waals surface area contributed by atoms with Gasteiger partial charge < -0.3 is 10.6 Å². The number of carbonyl (C=O) groups excluding carboxylic acids is 1. The molecule has 2 rings (SSSR count). The van der Waals surface area contributed by atoms with E-state index in [9.17, 15) is 4.79 Å². The Hall–Kier alpha value is -1.06. The van der Waals surface area contributed by atoms with Gasteiger partial charge in [0.05, 0.1) is 0 Å². The maximum atomic E-state index is 11.8. The van der Waals surface area contributed by atoms with Crippen molar-refractivity contribution in [2.75, 3.05) is 19.6 Å². The van der Waals surface area contributed by atoms with Gasteiger partial charge in [-0.1, -0.05) is 24.3 Å². The van der Waals surface area contributed by atoms with E-state index in [1.807, 2.05) is 0 Å². The molecule has 1 amide bonds. The highest BCUT2D eigenvalue weighted by Crippen LogP contribution is 2.17. The van der Waals surface area contributed by atoms with Gasteiger partial charge in [0.1, 0.15) is 0 Å². The van der Waals surface area contributed by atoms with Crippen LogP contribution in [0.15, 0.2) is 24.3 Å². The molecule has 0 atom stereocenters. The van der Waals surface area contributed by atoms with Gasteiger partial charge in [0.2, 0.25) is 5.91 Å². The fourth-order valence-electron chi connectivity index (χ4n) is 2.82. The summed E-state index contributed by atoms with van der Waals surface area (Å²) >= 11 is 0. The van der Waals surface area contributed by atoms with E-state index in [1.165, 1.54) is 24.0 Å². The number of nitrogens with one attached hydrogen (secondary N) is 2. The van der Waals surface area contributed by atoms with E-state index < -0.39 is 0 Å². The molecule has 0 saturated carbocycles. The number of rotatable bonds is 6. The molecular weight excluding hydrogens is 284 g/mol. The predicted octanol–water partition coefficient (Wildman–Crippen LogP) is 2.86. The molecule has 1 aliphatic heterocycles. The number of benzene rings is 1. The molecule has 21 heavy (non-hydrogen) atoms. The number of hydrogen-bond acceptors (Lipinski definition) is 2. The Kier molecular flexibility index (Phi) is 8.40. The van der Waals surface area contributed by atoms with Gasteiger partial charge in [0, 0.05) is 13.0 Å². The minimum Gasteiger partial charge on any atom is -0.356 e. The molecule has 4 heteroatoms. The Balaban J connectivity index is 0.00000220. The third kappa shape index (κ3) is 6.49. The third-order valence-electron chi connectivity index (χ3n) is 4.22. The van der Waals surface area contributed by atoms with Crippen molar-refractivity contribution < 1.29 is 4.79 Å². The zero-order valence-corrected chi connectivity index (χ0v) is 13.7. The molecule has 1 aliphatic rings. The zero-order valence-electron chi connectivity index (χ0n) is 12.9. The van der Waals surface area contributed by atoms with E-state index in [0.717, 1.165) is 38.4 Å². The molecule has 1 aromatic rings. The fourth-order valence-corrected chi connectivity index (χ4v) is 2.82. The van der Waals surface area contributed by atoms with E-state index in [1.54, 1.807) is 0 Å². The van der Waals surface area contributed by atoms with E-state index in [2.05, 4.69) is 41.8 Å². The standard InChI is InChI=1S/C17H26N2O.ClH/c1-14-4-2-3-5-16(14)10-13-19-17(20)7-6-15-8-11-18-12-9-15;/h2-5,15,18H,6-13H2,1H3,(H,19,20);1H. The number of piperidine rings is 1. The Bertz CT molecular complexity index is 431. The molecule has 0 bridgehead atoms. The van der Waals surface area contributed by atoms with Crippen LogP contribution in [0.3, 0.4) is 0 Å². The molecule has 0 aliphatic carbocycles. The van der Waals surface area contributed by atoms with Gasteiger partial charge in [0.25, 0.3) is 0 Å². The lowest BCUT2D eigenvalue weighted by atomic mass is 9.93. The first kappa shape index (κ1) is 18.0. The molecule has 2 N–H and O–H groups in total. The highest BCUT2D eigenvalue weighted by Gasteiger charge is 2.14. The first-order valence-corrected chi connectivity index (χ1v) is 7.77. The molecule has 0 radical (unpaired) electrons. The summed E-state index contributed by atoms with van der Waals surface area (Å²) in [5, 5.41) is 6.40. The first-order chi connectivity index (χ1) is 9.75. The Morgan fingerprint density at radius 3 is 2.71 bits per heavy atom. The van der Waals surface area contributed by atoms with Crippen molar-refractivity contribution in [3.05, 3.63) is 35.4 Å². The first-order valence-electron chi connectivity index (χ1n) is 7.77. The molecule has 0 aromatic heterocycles. The van der Waals surface area contributed by atoms with Crippen LogP contribution in [0, 0.1) is 12.8 Å². The molecule has 1 saturated heterocycles. The van der Waals surface area contributed by atoms with Gasteiger partial charge in [-0.2, -0.15) is 0 Å². The summed E-state index contributed by atoms with van der Waals surface area (Å²) in [7, 11) is 0. The fraction of sp³-hybridized carbons (Fsp3) is 0.588. The molecule has 0 spiro atoms. The largest absolute Gasteiger partial charge is 0.356 e. The summed E-state index contributed by atoms with van der Waals surface area (Å²) in [6.45, 7) is 5.09. The molecule has 1 aromatic carbocycles. The van der Waals surface area contributed by atoms with E-state index in [4.69, 9.17) is 0 Å². The summed E-state index contributed by atoms with van der Waals surface area (Å²) in [6, 6.07) is 8.36. The summed E-state index contributed by atoms with van der Waals surface area (Å²) in [5.74, 6) is 0.940. The summed E-state index contributed by atoms with van der Waals surface area (Å²) < 4.78 is 0. The van der Waals surface area contributed by atoms with Gasteiger partial charge in [-0.25, -0.2) is 0 Å². The summed E-state index contributed by atoms with van der Waals surface area (Å²) in [4.78, 5) is 11.8. The molecule has 3 nitrogen and oxygen atoms in total. The van der Waals surface area contributed by atoms with E-state index >= 15 is 0 Å². The summed E-state index contributed by atoms with van der Waals surface area (Å²) in [6.07, 6.45) is 5.08. The van der Waals surface area contributed by atoms with Gasteiger partial charge in [-0.3, -0.25) is 4.79 Å². The monoisotopic (exact) mass is 310 g/mol. The van der Waals surface area contributed by atoms with Crippen LogP contribution < -0.4 is 10.6 Å². The lowest BCUT2D eigenvalue weighted by Crippen LogP contribution is -2.30. The maximum absolute atomic E-state index is 11.8. The minimum absolute atomic E-state index is 0. The third-order valence-corrected chi connectivity index (χ3v) is 4.22. The average molecular weight is 311 g/mol. The number of aryl methyl sites for hydroxylation is 1. The second-order valence-electron chi connectivity index (χ2n) is 5.76. The molecule has 118 valence electrons. The van der Waals surface area contributed by atoms with Crippen molar-refractivity contribution in [3.8, 4) is 0 Å². The van der Waals surface area contributed by atoms with E-state index in [0.29, 0.717) is 6.42 Å². The Morgan fingerprint density at radius 2 is 2.00 bits per heavy atom. The number of carbonyl (C=O) groups is 1. The topological polar surface area (TPSA) is 41.1 Å². The average Bonchev–Trinajstić information content (AvgIpc) is 2.48. The maximum Gasteiger partial charge on any atom is 0.220 e. The quantitative estimate of drug-likeness (QED) is 0.848. The second-order valence-corrected chi connectivity index (χ2v) is 5.76.